The van der Waals surface area contributed by atoms with E-state index in [2.05, 4.69) is 101 Å². The Labute approximate surface area is 268 Å². The predicted molar refractivity (Wildman–Crippen MR) is 190 cm³/mol. The standard InChI is InChI=1S/C40H44N3OSi/c1-9-33-38-28(26(5)42-39-32-16-12-13-17-36(32)44-40(38)39)18-19-31-29-14-10-11-15-30(29)35-22-27(20-24(2)3)37(45(6,7)8)23-43(35)34(31)21-25(4)41-33/h9-17,22-24,31,34H,1,4,18-21H2,2-3,5-8H3/q+1. The summed E-state index contributed by atoms with van der Waals surface area (Å²) in [5.74, 6) is 0.907. The molecule has 228 valence electrons. The van der Waals surface area contributed by atoms with Crippen molar-refractivity contribution < 1.29 is 8.98 Å². The summed E-state index contributed by atoms with van der Waals surface area (Å²) in [6.45, 7) is 23.0. The van der Waals surface area contributed by atoms with Crippen LogP contribution in [0.4, 0.5) is 0 Å². The number of aryl methyl sites for hydroxylation is 1. The lowest BCUT2D eigenvalue weighted by Crippen LogP contribution is -2.54. The lowest BCUT2D eigenvalue weighted by molar-refractivity contribution is -0.717. The Balaban J connectivity index is 1.45. The van der Waals surface area contributed by atoms with Crippen molar-refractivity contribution in [3.8, 4) is 11.3 Å². The topological polar surface area (TPSA) is 42.3 Å². The summed E-state index contributed by atoms with van der Waals surface area (Å²) in [6.07, 6.45) is 8.13. The van der Waals surface area contributed by atoms with E-state index in [4.69, 9.17) is 14.4 Å². The zero-order chi connectivity index (χ0) is 31.6. The van der Waals surface area contributed by atoms with Crippen LogP contribution in [0.25, 0.3) is 33.3 Å². The van der Waals surface area contributed by atoms with Crippen molar-refractivity contribution in [2.45, 2.75) is 78.1 Å². The summed E-state index contributed by atoms with van der Waals surface area (Å²) >= 11 is 0. The summed E-state index contributed by atoms with van der Waals surface area (Å²) in [5.41, 5.74) is 13.1. The van der Waals surface area contributed by atoms with Crippen molar-refractivity contribution in [3.63, 3.8) is 0 Å². The van der Waals surface area contributed by atoms with Crippen LogP contribution in [0, 0.1) is 12.8 Å². The Morgan fingerprint density at radius 2 is 1.84 bits per heavy atom. The number of aromatic nitrogens is 2. The van der Waals surface area contributed by atoms with Gasteiger partial charge < -0.3 is 4.42 Å². The van der Waals surface area contributed by atoms with E-state index in [0.29, 0.717) is 11.8 Å². The SMILES string of the molecule is C=CC1=NC(=C)CC2C(CCc3c(C)nc4c(oc5ccccc54)c31)c1ccccc1-c1cc(CC(C)C)c([Si](C)(C)C)c[n+]12. The van der Waals surface area contributed by atoms with Crippen molar-refractivity contribution in [1.29, 1.82) is 0 Å². The molecular formula is C40H44N3OSi+. The highest BCUT2D eigenvalue weighted by Gasteiger charge is 2.42. The minimum absolute atomic E-state index is 0.213. The van der Waals surface area contributed by atoms with Gasteiger partial charge in [0.2, 0.25) is 5.69 Å². The largest absolute Gasteiger partial charge is 0.454 e. The second-order valence-corrected chi connectivity index (χ2v) is 19.5. The molecule has 0 bridgehead atoms. The van der Waals surface area contributed by atoms with Gasteiger partial charge in [-0.2, -0.15) is 4.57 Å². The highest BCUT2D eigenvalue weighted by Crippen LogP contribution is 2.45. The predicted octanol–water partition coefficient (Wildman–Crippen LogP) is 9.15. The van der Waals surface area contributed by atoms with Gasteiger partial charge in [-0.25, -0.2) is 4.98 Å². The summed E-state index contributed by atoms with van der Waals surface area (Å²) in [7, 11) is -1.62. The fourth-order valence-corrected chi connectivity index (χ4v) is 9.49. The van der Waals surface area contributed by atoms with Crippen LogP contribution in [0.5, 0.6) is 0 Å². The second kappa shape index (κ2) is 11.1. The van der Waals surface area contributed by atoms with E-state index in [-0.39, 0.29) is 6.04 Å². The number of nitrogens with zero attached hydrogens (tertiary/aromatic N) is 3. The van der Waals surface area contributed by atoms with Gasteiger partial charge in [0.1, 0.15) is 11.1 Å². The molecule has 0 saturated heterocycles. The minimum Gasteiger partial charge on any atom is -0.454 e. The average Bonchev–Trinajstić information content (AvgIpc) is 3.36. The zero-order valence-corrected chi connectivity index (χ0v) is 28.6. The maximum absolute atomic E-state index is 6.51. The molecule has 2 aliphatic heterocycles. The number of para-hydroxylation sites is 1. The Kier molecular flexibility index (Phi) is 7.28. The zero-order valence-electron chi connectivity index (χ0n) is 27.6. The fourth-order valence-electron chi connectivity index (χ4n) is 7.83. The van der Waals surface area contributed by atoms with E-state index in [9.17, 15) is 0 Å². The summed E-state index contributed by atoms with van der Waals surface area (Å²) < 4.78 is 9.12. The number of hydrogen-bond donors (Lipinski definition) is 0. The molecule has 5 aromatic rings. The Morgan fingerprint density at radius 1 is 1.09 bits per heavy atom. The molecule has 7 rings (SSSR count). The highest BCUT2D eigenvalue weighted by atomic mass is 28.3. The van der Waals surface area contributed by atoms with E-state index < -0.39 is 8.07 Å². The van der Waals surface area contributed by atoms with E-state index in [1.807, 2.05) is 24.3 Å². The van der Waals surface area contributed by atoms with Crippen LogP contribution in [0.2, 0.25) is 19.6 Å². The van der Waals surface area contributed by atoms with Crippen LogP contribution >= 0.6 is 0 Å². The summed E-state index contributed by atoms with van der Waals surface area (Å²) in [6, 6.07) is 20.0. The maximum Gasteiger partial charge on any atom is 0.213 e. The van der Waals surface area contributed by atoms with Crippen molar-refractivity contribution in [1.82, 2.24) is 4.98 Å². The number of rotatable bonds is 4. The van der Waals surface area contributed by atoms with Gasteiger partial charge in [-0.1, -0.05) is 77.0 Å². The second-order valence-electron chi connectivity index (χ2n) is 14.5. The van der Waals surface area contributed by atoms with E-state index in [1.54, 1.807) is 5.19 Å². The number of hydrogen-bond acceptors (Lipinski definition) is 3. The van der Waals surface area contributed by atoms with Crippen molar-refractivity contribution in [3.05, 3.63) is 114 Å². The molecule has 2 aromatic carbocycles. The molecule has 0 spiro atoms. The third-order valence-corrected chi connectivity index (χ3v) is 11.9. The summed E-state index contributed by atoms with van der Waals surface area (Å²) in [5, 5.41) is 2.59. The van der Waals surface area contributed by atoms with Gasteiger partial charge in [-0.15, -0.1) is 0 Å². The van der Waals surface area contributed by atoms with E-state index in [0.717, 1.165) is 70.4 Å². The number of furan rings is 1. The quantitative estimate of drug-likeness (QED) is 0.150. The Bertz CT molecular complexity index is 2040. The first-order chi connectivity index (χ1) is 21.5. The van der Waals surface area contributed by atoms with Crippen molar-refractivity contribution >= 4 is 41.0 Å². The molecular weight excluding hydrogens is 567 g/mol. The lowest BCUT2D eigenvalue weighted by atomic mass is 9.77. The molecule has 0 fully saturated rings. The molecule has 5 heterocycles. The molecule has 0 radical (unpaired) electrons. The molecule has 5 heteroatoms. The van der Waals surface area contributed by atoms with Crippen molar-refractivity contribution in [2.75, 3.05) is 0 Å². The van der Waals surface area contributed by atoms with Gasteiger partial charge in [0.15, 0.2) is 17.8 Å². The third kappa shape index (κ3) is 5.02. The summed E-state index contributed by atoms with van der Waals surface area (Å²) in [4.78, 5) is 10.4. The fraction of sp³-hybridized carbons (Fsp3) is 0.325. The molecule has 2 unspecified atom stereocenters. The minimum atomic E-state index is -1.62. The van der Waals surface area contributed by atoms with Crippen molar-refractivity contribution in [2.24, 2.45) is 10.9 Å². The normalized spacial score (nSPS) is 18.3. The third-order valence-electron chi connectivity index (χ3n) is 9.79. The van der Waals surface area contributed by atoms with Gasteiger partial charge in [-0.05, 0) is 73.1 Å². The van der Waals surface area contributed by atoms with E-state index in [1.165, 1.54) is 27.9 Å². The number of aliphatic imine (C=N–C) groups is 1. The molecule has 45 heavy (non-hydrogen) atoms. The first kappa shape index (κ1) is 29.6. The number of benzene rings is 2. The van der Waals surface area contributed by atoms with Gasteiger partial charge in [0.25, 0.3) is 0 Å². The Morgan fingerprint density at radius 3 is 2.60 bits per heavy atom. The maximum atomic E-state index is 6.51. The molecule has 0 amide bonds. The molecule has 2 aliphatic rings. The van der Waals surface area contributed by atoms with Crippen LogP contribution in [-0.4, -0.2) is 18.8 Å². The van der Waals surface area contributed by atoms with Crippen LogP contribution in [0.15, 0.2) is 95.1 Å². The molecule has 0 saturated carbocycles. The monoisotopic (exact) mass is 610 g/mol. The number of allylic oxidation sites excluding steroid dienone is 2. The van der Waals surface area contributed by atoms with Crippen LogP contribution < -0.4 is 9.75 Å². The molecule has 0 N–H and O–H groups in total. The smallest absolute Gasteiger partial charge is 0.213 e. The van der Waals surface area contributed by atoms with Gasteiger partial charge >= 0.3 is 0 Å². The molecule has 0 aliphatic carbocycles. The van der Waals surface area contributed by atoms with Crippen LogP contribution in [0.1, 0.15) is 66.6 Å². The van der Waals surface area contributed by atoms with Crippen LogP contribution in [-0.2, 0) is 12.8 Å². The first-order valence-electron chi connectivity index (χ1n) is 16.4. The highest BCUT2D eigenvalue weighted by molar-refractivity contribution is 6.89. The van der Waals surface area contributed by atoms with Gasteiger partial charge in [0, 0.05) is 39.5 Å². The number of fused-ring (bicyclic) bond motifs is 11. The average molecular weight is 611 g/mol. The molecule has 3 aromatic heterocycles. The van der Waals surface area contributed by atoms with Gasteiger partial charge in [-0.3, -0.25) is 4.99 Å². The molecule has 2 atom stereocenters. The van der Waals surface area contributed by atoms with Gasteiger partial charge in [0.05, 0.1) is 25.8 Å². The lowest BCUT2D eigenvalue weighted by Gasteiger charge is -2.33. The molecule has 4 nitrogen and oxygen atoms in total. The Hall–Kier alpha value is -4.09. The number of pyridine rings is 2. The first-order valence-corrected chi connectivity index (χ1v) is 19.9. The van der Waals surface area contributed by atoms with Crippen LogP contribution in [0.3, 0.4) is 0 Å². The van der Waals surface area contributed by atoms with E-state index >= 15 is 0 Å².